The summed E-state index contributed by atoms with van der Waals surface area (Å²) < 4.78 is 46.4. The highest BCUT2D eigenvalue weighted by Gasteiger charge is 2.16. The fourth-order valence-corrected chi connectivity index (χ4v) is 1.91. The van der Waals surface area contributed by atoms with Crippen molar-refractivity contribution in [3.8, 4) is 11.5 Å². The van der Waals surface area contributed by atoms with Crippen molar-refractivity contribution >= 4 is 0 Å². The number of ether oxygens (including phenoxy) is 1. The minimum Gasteiger partial charge on any atom is -0.448 e. The quantitative estimate of drug-likeness (QED) is 0.898. The summed E-state index contributed by atoms with van der Waals surface area (Å²) in [5.74, 6) is -3.29. The number of nitrogens with two attached hydrogens (primary N) is 1. The molecule has 0 fully saturated rings. The van der Waals surface area contributed by atoms with E-state index in [0.717, 1.165) is 18.2 Å². The number of hydrogen-bond donors (Lipinski definition) is 1. The highest BCUT2D eigenvalue weighted by molar-refractivity contribution is 5.36. The van der Waals surface area contributed by atoms with Crippen LogP contribution in [0.3, 0.4) is 0 Å². The molecule has 0 heterocycles. The molecule has 2 aromatic rings. The van der Waals surface area contributed by atoms with Gasteiger partial charge in [-0.05, 0) is 42.7 Å². The van der Waals surface area contributed by atoms with Gasteiger partial charge in [0.2, 0.25) is 0 Å². The Labute approximate surface area is 121 Å². The summed E-state index contributed by atoms with van der Waals surface area (Å²) in [5.41, 5.74) is 6.21. The van der Waals surface area contributed by atoms with E-state index in [4.69, 9.17) is 10.5 Å². The Kier molecular flexibility index (Phi) is 4.85. The van der Waals surface area contributed by atoms with Gasteiger partial charge in [-0.15, -0.1) is 0 Å². The molecule has 0 amide bonds. The summed E-state index contributed by atoms with van der Waals surface area (Å²) >= 11 is 0. The average Bonchev–Trinajstić information content (AvgIpc) is 2.44. The highest BCUT2D eigenvalue weighted by Crippen LogP contribution is 2.30. The Balaban J connectivity index is 2.27. The van der Waals surface area contributed by atoms with Crippen molar-refractivity contribution in [1.29, 1.82) is 0 Å². The average molecular weight is 295 g/mol. The van der Waals surface area contributed by atoms with Gasteiger partial charge in [-0.1, -0.05) is 19.1 Å². The molecule has 0 saturated heterocycles. The number of hydrogen-bond acceptors (Lipinski definition) is 2. The standard InChI is InChI=1S/C16H16F3NO/c1-2-11(20)7-10-8-13(18)16(14(19)9-10)21-15-6-4-3-5-12(15)17/h3-6,8-9,11H,2,7,20H2,1H3. The molecule has 0 aromatic heterocycles. The molecule has 0 saturated carbocycles. The van der Waals surface area contributed by atoms with Crippen LogP contribution in [0.25, 0.3) is 0 Å². The predicted molar refractivity (Wildman–Crippen MR) is 74.8 cm³/mol. The lowest BCUT2D eigenvalue weighted by Gasteiger charge is -2.12. The molecule has 0 aliphatic heterocycles. The minimum absolute atomic E-state index is 0.165. The molecule has 21 heavy (non-hydrogen) atoms. The number of para-hydroxylation sites is 1. The maximum absolute atomic E-state index is 14.0. The van der Waals surface area contributed by atoms with Gasteiger partial charge in [-0.2, -0.15) is 0 Å². The van der Waals surface area contributed by atoms with Crippen LogP contribution in [0.1, 0.15) is 18.9 Å². The second kappa shape index (κ2) is 6.63. The summed E-state index contributed by atoms with van der Waals surface area (Å²) in [5, 5.41) is 0. The Hall–Kier alpha value is -2.01. The van der Waals surface area contributed by atoms with Gasteiger partial charge in [0.15, 0.2) is 29.0 Å². The van der Waals surface area contributed by atoms with Crippen LogP contribution in [-0.4, -0.2) is 6.04 Å². The molecule has 2 N–H and O–H groups in total. The first-order chi connectivity index (χ1) is 10.0. The molecule has 2 rings (SSSR count). The largest absolute Gasteiger partial charge is 0.448 e. The Bertz CT molecular complexity index is 608. The fourth-order valence-electron chi connectivity index (χ4n) is 1.91. The molecular formula is C16H16F3NO. The van der Waals surface area contributed by atoms with E-state index in [1.807, 2.05) is 6.92 Å². The zero-order valence-electron chi connectivity index (χ0n) is 11.6. The Morgan fingerprint density at radius 1 is 1.05 bits per heavy atom. The smallest absolute Gasteiger partial charge is 0.198 e. The summed E-state index contributed by atoms with van der Waals surface area (Å²) in [6, 6.07) is 7.59. The lowest BCUT2D eigenvalue weighted by Crippen LogP contribution is -2.21. The number of halogens is 3. The van der Waals surface area contributed by atoms with Crippen molar-refractivity contribution < 1.29 is 17.9 Å². The second-order valence-electron chi connectivity index (χ2n) is 4.79. The van der Waals surface area contributed by atoms with Crippen LogP contribution in [0.15, 0.2) is 36.4 Å². The van der Waals surface area contributed by atoms with Crippen molar-refractivity contribution in [3.05, 3.63) is 59.4 Å². The third-order valence-corrected chi connectivity index (χ3v) is 3.13. The molecule has 2 nitrogen and oxygen atoms in total. The Morgan fingerprint density at radius 2 is 1.67 bits per heavy atom. The van der Waals surface area contributed by atoms with Gasteiger partial charge in [-0.25, -0.2) is 13.2 Å². The molecule has 0 bridgehead atoms. The lowest BCUT2D eigenvalue weighted by atomic mass is 10.0. The highest BCUT2D eigenvalue weighted by atomic mass is 19.1. The maximum atomic E-state index is 14.0. The molecule has 0 aliphatic carbocycles. The SMILES string of the molecule is CCC(N)Cc1cc(F)c(Oc2ccccc2F)c(F)c1. The molecule has 1 atom stereocenters. The fraction of sp³-hybridized carbons (Fsp3) is 0.250. The second-order valence-corrected chi connectivity index (χ2v) is 4.79. The van der Waals surface area contributed by atoms with Gasteiger partial charge in [0.05, 0.1) is 0 Å². The van der Waals surface area contributed by atoms with E-state index in [-0.39, 0.29) is 11.8 Å². The topological polar surface area (TPSA) is 35.2 Å². The zero-order valence-corrected chi connectivity index (χ0v) is 11.6. The molecule has 0 spiro atoms. The molecule has 0 aliphatic rings. The number of rotatable bonds is 5. The van der Waals surface area contributed by atoms with E-state index in [2.05, 4.69) is 0 Å². The van der Waals surface area contributed by atoms with Crippen molar-refractivity contribution in [2.24, 2.45) is 5.73 Å². The van der Waals surface area contributed by atoms with Crippen LogP contribution in [-0.2, 0) is 6.42 Å². The van der Waals surface area contributed by atoms with Crippen LogP contribution < -0.4 is 10.5 Å². The van der Waals surface area contributed by atoms with Crippen LogP contribution in [0, 0.1) is 17.5 Å². The first-order valence-electron chi connectivity index (χ1n) is 6.67. The normalized spacial score (nSPS) is 12.2. The van der Waals surface area contributed by atoms with Crippen molar-refractivity contribution in [2.45, 2.75) is 25.8 Å². The molecule has 1 unspecified atom stereocenters. The summed E-state index contributed by atoms with van der Waals surface area (Å²) in [6.07, 6.45) is 1.07. The maximum Gasteiger partial charge on any atom is 0.198 e. The zero-order chi connectivity index (χ0) is 15.4. The van der Waals surface area contributed by atoms with Crippen LogP contribution in [0.4, 0.5) is 13.2 Å². The van der Waals surface area contributed by atoms with Gasteiger partial charge in [-0.3, -0.25) is 0 Å². The van der Waals surface area contributed by atoms with E-state index in [0.29, 0.717) is 18.4 Å². The van der Waals surface area contributed by atoms with E-state index in [1.54, 1.807) is 0 Å². The van der Waals surface area contributed by atoms with Crippen LogP contribution in [0.5, 0.6) is 11.5 Å². The first-order valence-corrected chi connectivity index (χ1v) is 6.67. The molecule has 2 aromatic carbocycles. The molecule has 5 heteroatoms. The van der Waals surface area contributed by atoms with Crippen molar-refractivity contribution in [3.63, 3.8) is 0 Å². The summed E-state index contributed by atoms with van der Waals surface area (Å²) in [7, 11) is 0. The van der Waals surface area contributed by atoms with Gasteiger partial charge >= 0.3 is 0 Å². The molecule has 0 radical (unpaired) electrons. The van der Waals surface area contributed by atoms with E-state index < -0.39 is 23.2 Å². The lowest BCUT2D eigenvalue weighted by molar-refractivity contribution is 0.386. The minimum atomic E-state index is -0.878. The summed E-state index contributed by atoms with van der Waals surface area (Å²) in [4.78, 5) is 0. The van der Waals surface area contributed by atoms with Gasteiger partial charge < -0.3 is 10.5 Å². The van der Waals surface area contributed by atoms with Crippen molar-refractivity contribution in [2.75, 3.05) is 0 Å². The number of benzene rings is 2. The van der Waals surface area contributed by atoms with E-state index in [9.17, 15) is 13.2 Å². The van der Waals surface area contributed by atoms with Gasteiger partial charge in [0, 0.05) is 6.04 Å². The predicted octanol–water partition coefficient (Wildman–Crippen LogP) is 4.18. The Morgan fingerprint density at radius 3 is 2.24 bits per heavy atom. The first kappa shape index (κ1) is 15.4. The van der Waals surface area contributed by atoms with Crippen LogP contribution >= 0.6 is 0 Å². The summed E-state index contributed by atoms with van der Waals surface area (Å²) in [6.45, 7) is 1.90. The van der Waals surface area contributed by atoms with E-state index >= 15 is 0 Å². The van der Waals surface area contributed by atoms with Crippen LogP contribution in [0.2, 0.25) is 0 Å². The third kappa shape index (κ3) is 3.76. The monoisotopic (exact) mass is 295 g/mol. The van der Waals surface area contributed by atoms with Gasteiger partial charge in [0.1, 0.15) is 0 Å². The molecule has 112 valence electrons. The van der Waals surface area contributed by atoms with Crippen molar-refractivity contribution in [1.82, 2.24) is 0 Å². The third-order valence-electron chi connectivity index (χ3n) is 3.13. The van der Waals surface area contributed by atoms with E-state index in [1.165, 1.54) is 18.2 Å². The molecular weight excluding hydrogens is 279 g/mol. The van der Waals surface area contributed by atoms with Gasteiger partial charge in [0.25, 0.3) is 0 Å².